The minimum Gasteiger partial charge on any atom is -0.489 e. The van der Waals surface area contributed by atoms with Crippen LogP contribution in [0.1, 0.15) is 46.3 Å². The van der Waals surface area contributed by atoms with E-state index < -0.39 is 0 Å². The summed E-state index contributed by atoms with van der Waals surface area (Å²) in [7, 11) is 0. The van der Waals surface area contributed by atoms with Gasteiger partial charge < -0.3 is 14.6 Å². The Bertz CT molecular complexity index is 957. The minimum absolute atomic E-state index is 0.0464. The molecule has 1 fully saturated rings. The van der Waals surface area contributed by atoms with Gasteiger partial charge in [-0.2, -0.15) is 0 Å². The number of thiophene rings is 1. The first-order chi connectivity index (χ1) is 15.1. The van der Waals surface area contributed by atoms with Crippen LogP contribution in [0.15, 0.2) is 46.3 Å². The van der Waals surface area contributed by atoms with Crippen LogP contribution in [0, 0.1) is 13.8 Å². The van der Waals surface area contributed by atoms with Crippen molar-refractivity contribution in [1.29, 1.82) is 0 Å². The van der Waals surface area contributed by atoms with E-state index in [1.807, 2.05) is 38.1 Å². The zero-order chi connectivity index (χ0) is 21.6. The number of aryl methyl sites for hydroxylation is 2. The smallest absolute Gasteiger partial charge is 0.224 e. The highest BCUT2D eigenvalue weighted by molar-refractivity contribution is 7.10. The molecule has 164 valence electrons. The molecule has 2 aromatic heterocycles. The first-order valence-electron chi connectivity index (χ1n) is 10.8. The molecule has 1 saturated heterocycles. The number of carbonyl (C=O) groups excluding carboxylic acids is 1. The van der Waals surface area contributed by atoms with E-state index in [0.717, 1.165) is 41.4 Å². The second-order valence-electron chi connectivity index (χ2n) is 7.99. The summed E-state index contributed by atoms with van der Waals surface area (Å²) in [4.78, 5) is 16.4. The van der Waals surface area contributed by atoms with Crippen LogP contribution in [0.4, 0.5) is 0 Å². The quantitative estimate of drug-likeness (QED) is 0.534. The third kappa shape index (κ3) is 5.54. The maximum Gasteiger partial charge on any atom is 0.224 e. The normalized spacial score (nSPS) is 15.2. The Morgan fingerprint density at radius 1 is 1.23 bits per heavy atom. The molecule has 1 amide bonds. The summed E-state index contributed by atoms with van der Waals surface area (Å²) in [6.45, 7) is 7.07. The maximum absolute atomic E-state index is 12.6. The van der Waals surface area contributed by atoms with Crippen LogP contribution < -0.4 is 10.1 Å². The number of rotatable bonds is 9. The van der Waals surface area contributed by atoms with Gasteiger partial charge in [-0.05, 0) is 68.9 Å². The van der Waals surface area contributed by atoms with E-state index in [2.05, 4.69) is 32.9 Å². The van der Waals surface area contributed by atoms with Crippen LogP contribution in [0.5, 0.6) is 5.75 Å². The lowest BCUT2D eigenvalue weighted by Crippen LogP contribution is -2.37. The van der Waals surface area contributed by atoms with Gasteiger partial charge in [-0.1, -0.05) is 23.4 Å². The summed E-state index contributed by atoms with van der Waals surface area (Å²) >= 11 is 1.76. The maximum atomic E-state index is 12.6. The number of carbonyl (C=O) groups is 1. The number of benzene rings is 1. The lowest BCUT2D eigenvalue weighted by atomic mass is 10.1. The van der Waals surface area contributed by atoms with Gasteiger partial charge in [-0.25, -0.2) is 0 Å². The average molecular weight is 440 g/mol. The molecule has 1 aliphatic heterocycles. The van der Waals surface area contributed by atoms with Crippen molar-refractivity contribution < 1.29 is 14.1 Å². The molecule has 0 bridgehead atoms. The van der Waals surface area contributed by atoms with Crippen LogP contribution in [-0.2, 0) is 17.8 Å². The van der Waals surface area contributed by atoms with Crippen molar-refractivity contribution in [2.45, 2.75) is 45.8 Å². The van der Waals surface area contributed by atoms with Gasteiger partial charge >= 0.3 is 0 Å². The van der Waals surface area contributed by atoms with E-state index in [9.17, 15) is 4.79 Å². The van der Waals surface area contributed by atoms with E-state index in [1.165, 1.54) is 17.7 Å². The van der Waals surface area contributed by atoms with Gasteiger partial charge in [-0.3, -0.25) is 9.69 Å². The number of hydrogen-bond acceptors (Lipinski definition) is 6. The number of nitrogens with one attached hydrogen (secondary N) is 1. The third-order valence-electron chi connectivity index (χ3n) is 5.80. The lowest BCUT2D eigenvalue weighted by molar-refractivity contribution is -0.120. The Morgan fingerprint density at radius 2 is 2.00 bits per heavy atom. The number of likely N-dealkylation sites (tertiary alicyclic amines) is 1. The van der Waals surface area contributed by atoms with Crippen molar-refractivity contribution in [2.24, 2.45) is 0 Å². The zero-order valence-corrected chi connectivity index (χ0v) is 18.9. The van der Waals surface area contributed by atoms with Gasteiger partial charge in [0, 0.05) is 11.4 Å². The van der Waals surface area contributed by atoms with E-state index >= 15 is 0 Å². The predicted molar refractivity (Wildman–Crippen MR) is 121 cm³/mol. The molecule has 0 radical (unpaired) electrons. The molecule has 7 heteroatoms. The first-order valence-corrected chi connectivity index (χ1v) is 11.7. The Balaban J connectivity index is 1.28. The van der Waals surface area contributed by atoms with Crippen molar-refractivity contribution in [3.05, 3.63) is 69.2 Å². The monoisotopic (exact) mass is 439 g/mol. The van der Waals surface area contributed by atoms with Crippen LogP contribution >= 0.6 is 11.3 Å². The topological polar surface area (TPSA) is 67.6 Å². The summed E-state index contributed by atoms with van der Waals surface area (Å²) in [5, 5.41) is 9.20. The van der Waals surface area contributed by atoms with Gasteiger partial charge in [-0.15, -0.1) is 11.3 Å². The molecule has 31 heavy (non-hydrogen) atoms. The third-order valence-corrected chi connectivity index (χ3v) is 6.77. The molecule has 1 aliphatic rings. The Hall–Kier alpha value is -2.64. The summed E-state index contributed by atoms with van der Waals surface area (Å²) in [5.74, 6) is 1.58. The van der Waals surface area contributed by atoms with E-state index in [1.54, 1.807) is 11.3 Å². The van der Waals surface area contributed by atoms with Crippen LogP contribution in [0.3, 0.4) is 0 Å². The standard InChI is InChI=1S/C24H29N3O3S/c1-17-21(18(2)30-26-17)16-29-20-9-7-19(8-10-20)14-24(28)25-15-22(23-6-5-13-31-23)27-11-3-4-12-27/h5-10,13,22H,3-4,11-12,14-16H2,1-2H3,(H,25,28). The molecular formula is C24H29N3O3S. The highest BCUT2D eigenvalue weighted by Crippen LogP contribution is 2.28. The number of ether oxygens (including phenoxy) is 1. The van der Waals surface area contributed by atoms with E-state index in [4.69, 9.17) is 9.26 Å². The number of nitrogens with zero attached hydrogens (tertiary/aromatic N) is 2. The van der Waals surface area contributed by atoms with Gasteiger partial charge in [0.15, 0.2) is 0 Å². The SMILES string of the molecule is Cc1noc(C)c1COc1ccc(CC(=O)NCC(c2cccs2)N2CCCC2)cc1. The minimum atomic E-state index is 0.0464. The van der Waals surface area contributed by atoms with Gasteiger partial charge in [0.05, 0.1) is 23.7 Å². The molecular weight excluding hydrogens is 410 g/mol. The fourth-order valence-corrected chi connectivity index (χ4v) is 4.83. The first kappa shape index (κ1) is 21.6. The molecule has 0 saturated carbocycles. The highest BCUT2D eigenvalue weighted by Gasteiger charge is 2.24. The molecule has 1 aromatic carbocycles. The summed E-state index contributed by atoms with van der Waals surface area (Å²) < 4.78 is 11.0. The highest BCUT2D eigenvalue weighted by atomic mass is 32.1. The molecule has 1 N–H and O–H groups in total. The molecule has 0 aliphatic carbocycles. The Labute approximate surface area is 187 Å². The van der Waals surface area contributed by atoms with Gasteiger partial charge in [0.25, 0.3) is 0 Å². The van der Waals surface area contributed by atoms with Crippen molar-refractivity contribution in [2.75, 3.05) is 19.6 Å². The summed E-state index contributed by atoms with van der Waals surface area (Å²) in [5.41, 5.74) is 2.79. The molecule has 1 unspecified atom stereocenters. The molecule has 3 aromatic rings. The zero-order valence-electron chi connectivity index (χ0n) is 18.1. The molecule has 6 nitrogen and oxygen atoms in total. The van der Waals surface area contributed by atoms with Crippen molar-refractivity contribution in [1.82, 2.24) is 15.4 Å². The van der Waals surface area contributed by atoms with Crippen LogP contribution in [-0.4, -0.2) is 35.6 Å². The number of aromatic nitrogens is 1. The summed E-state index contributed by atoms with van der Waals surface area (Å²) in [6, 6.07) is 12.2. The second-order valence-corrected chi connectivity index (χ2v) is 8.97. The molecule has 0 spiro atoms. The largest absolute Gasteiger partial charge is 0.489 e. The van der Waals surface area contributed by atoms with Crippen molar-refractivity contribution in [3.63, 3.8) is 0 Å². The van der Waals surface area contributed by atoms with E-state index in [0.29, 0.717) is 19.6 Å². The fraction of sp³-hybridized carbons (Fsp3) is 0.417. The molecule has 3 heterocycles. The van der Waals surface area contributed by atoms with Crippen molar-refractivity contribution >= 4 is 17.2 Å². The predicted octanol–water partition coefficient (Wildman–Crippen LogP) is 4.43. The van der Waals surface area contributed by atoms with Crippen molar-refractivity contribution in [3.8, 4) is 5.75 Å². The fourth-order valence-electron chi connectivity index (χ4n) is 3.97. The molecule has 4 rings (SSSR count). The van der Waals surface area contributed by atoms with E-state index in [-0.39, 0.29) is 11.9 Å². The summed E-state index contributed by atoms with van der Waals surface area (Å²) in [6.07, 6.45) is 2.84. The number of hydrogen-bond donors (Lipinski definition) is 1. The molecule has 1 atom stereocenters. The Kier molecular flexibility index (Phi) is 7.04. The second kappa shape index (κ2) is 10.1. The van der Waals surface area contributed by atoms with Gasteiger partial charge in [0.1, 0.15) is 18.1 Å². The van der Waals surface area contributed by atoms with Crippen LogP contribution in [0.25, 0.3) is 0 Å². The Morgan fingerprint density at radius 3 is 2.65 bits per heavy atom. The van der Waals surface area contributed by atoms with Gasteiger partial charge in [0.2, 0.25) is 5.91 Å². The average Bonchev–Trinajstić information content (AvgIpc) is 3.53. The van der Waals surface area contributed by atoms with Crippen LogP contribution in [0.2, 0.25) is 0 Å². The lowest BCUT2D eigenvalue weighted by Gasteiger charge is -2.27. The number of amides is 1.